The summed E-state index contributed by atoms with van der Waals surface area (Å²) in [4.78, 5) is 28.2. The largest absolute Gasteiger partial charge is 0.496 e. The van der Waals surface area contributed by atoms with E-state index in [-0.39, 0.29) is 30.1 Å². The van der Waals surface area contributed by atoms with E-state index in [4.69, 9.17) is 15.2 Å². The van der Waals surface area contributed by atoms with Crippen LogP contribution in [0.3, 0.4) is 0 Å². The summed E-state index contributed by atoms with van der Waals surface area (Å²) in [5, 5.41) is 3.50. The number of esters is 1. The fourth-order valence-electron chi connectivity index (χ4n) is 7.88. The molecule has 5 unspecified atom stereocenters. The Morgan fingerprint density at radius 1 is 1.03 bits per heavy atom. The number of nitrogens with two attached hydrogens (primary N) is 1. The first-order valence-corrected chi connectivity index (χ1v) is 13.0. The third-order valence-corrected chi connectivity index (χ3v) is 9.28. The first-order valence-electron chi connectivity index (χ1n) is 13.0. The van der Waals surface area contributed by atoms with Crippen molar-refractivity contribution in [2.24, 2.45) is 11.3 Å². The molecular weight excluding hydrogens is 512 g/mol. The topological polar surface area (TPSA) is 90.7 Å². The van der Waals surface area contributed by atoms with Crippen molar-refractivity contribution < 1.29 is 19.1 Å². The Balaban J connectivity index is 0.00000308. The lowest BCUT2D eigenvalue weighted by molar-refractivity contribution is -0.162. The lowest BCUT2D eigenvalue weighted by atomic mass is 9.40. The van der Waals surface area contributed by atoms with Gasteiger partial charge in [-0.2, -0.15) is 0 Å². The van der Waals surface area contributed by atoms with Crippen LogP contribution in [0.5, 0.6) is 5.75 Å². The number of Topliss-reactive ketones (excluding diaryl/α,β-unsaturated/α-hetero) is 1. The number of ketones is 1. The quantitative estimate of drug-likeness (QED) is 0.260. The molecule has 2 bridgehead atoms. The number of rotatable bonds is 6. The number of anilines is 1. The Labute approximate surface area is 235 Å². The molecule has 1 saturated heterocycles. The monoisotopic (exact) mass is 544 g/mol. The van der Waals surface area contributed by atoms with Crippen LogP contribution < -0.4 is 15.8 Å². The molecule has 7 rings (SSSR count). The molecule has 2 fully saturated rings. The fourth-order valence-corrected chi connectivity index (χ4v) is 7.88. The first-order chi connectivity index (χ1) is 18.4. The lowest BCUT2D eigenvalue weighted by Gasteiger charge is -2.60. The highest BCUT2D eigenvalue weighted by atomic mass is 35.5. The van der Waals surface area contributed by atoms with E-state index in [9.17, 15) is 9.59 Å². The van der Waals surface area contributed by atoms with E-state index in [1.165, 1.54) is 7.11 Å². The minimum Gasteiger partial charge on any atom is -0.496 e. The van der Waals surface area contributed by atoms with E-state index in [0.29, 0.717) is 29.1 Å². The molecule has 3 aromatic rings. The Bertz CT molecular complexity index is 1470. The number of ether oxygens (including phenoxy) is 2. The molecule has 6 nitrogen and oxygen atoms in total. The zero-order valence-corrected chi connectivity index (χ0v) is 22.9. The van der Waals surface area contributed by atoms with Crippen LogP contribution >= 0.6 is 12.4 Å². The summed E-state index contributed by atoms with van der Waals surface area (Å²) in [5.74, 6) is -0.288. The number of fused-ring (bicyclic) bond motifs is 1. The van der Waals surface area contributed by atoms with Gasteiger partial charge in [0.15, 0.2) is 5.78 Å². The second kappa shape index (κ2) is 9.85. The number of carbonyl (C=O) groups excluding carboxylic acids is 2. The van der Waals surface area contributed by atoms with Crippen molar-refractivity contribution in [2.45, 2.75) is 30.2 Å². The standard InChI is InChI=1S/C32H32N2O4.ClH/c1-19(22-11-5-7-14-26(22)37-2)28(35)27-29-31(20-9-8-10-21(33)17-20)16-15-25(23-12-4-6-13-24(23)31)32(29,18-34-27)30(36)38-3;/h4-14,17,25,27,29,34H,1,15-16,18,33H2,2-3H3;1H. The number of benzene rings is 3. The van der Waals surface area contributed by atoms with Gasteiger partial charge < -0.3 is 20.5 Å². The molecule has 3 aliphatic carbocycles. The molecule has 0 spiro atoms. The summed E-state index contributed by atoms with van der Waals surface area (Å²) in [6, 6.07) is 23.0. The first kappa shape index (κ1) is 27.0. The molecule has 0 radical (unpaired) electrons. The van der Waals surface area contributed by atoms with E-state index in [1.54, 1.807) is 7.11 Å². The Hall–Kier alpha value is -3.61. The molecule has 3 N–H and O–H groups in total. The third kappa shape index (κ3) is 3.58. The Kier molecular flexibility index (Phi) is 6.81. The van der Waals surface area contributed by atoms with Gasteiger partial charge in [0.2, 0.25) is 0 Å². The SMILES string of the molecule is C=C(C(=O)C1NCC2(C(=O)OC)C3CCC(c4cccc(N)c4)(c4ccccc43)C12)c1ccccc1OC.Cl. The molecule has 7 heteroatoms. The molecule has 1 aliphatic heterocycles. The van der Waals surface area contributed by atoms with Crippen LogP contribution in [0.4, 0.5) is 5.69 Å². The summed E-state index contributed by atoms with van der Waals surface area (Å²) >= 11 is 0. The second-order valence-corrected chi connectivity index (χ2v) is 10.7. The summed E-state index contributed by atoms with van der Waals surface area (Å²) in [6.07, 6.45) is 1.61. The molecular formula is C32H33ClN2O4. The van der Waals surface area contributed by atoms with E-state index in [0.717, 1.165) is 29.5 Å². The number of halogens is 1. The Morgan fingerprint density at radius 3 is 2.51 bits per heavy atom. The third-order valence-electron chi connectivity index (χ3n) is 9.28. The zero-order valence-electron chi connectivity index (χ0n) is 22.1. The summed E-state index contributed by atoms with van der Waals surface area (Å²) in [5.41, 5.74) is 9.79. The highest BCUT2D eigenvalue weighted by Gasteiger charge is 2.72. The highest BCUT2D eigenvalue weighted by molar-refractivity contribution is 6.23. The zero-order chi connectivity index (χ0) is 26.7. The maximum absolute atomic E-state index is 14.4. The van der Waals surface area contributed by atoms with Crippen LogP contribution in [0.25, 0.3) is 5.57 Å². The Morgan fingerprint density at radius 2 is 1.77 bits per heavy atom. The van der Waals surface area contributed by atoms with Crippen molar-refractivity contribution in [1.82, 2.24) is 5.32 Å². The number of nitrogen functional groups attached to an aromatic ring is 1. The van der Waals surface area contributed by atoms with Crippen LogP contribution in [0, 0.1) is 11.3 Å². The van der Waals surface area contributed by atoms with Crippen LogP contribution in [0.2, 0.25) is 0 Å². The number of nitrogens with one attached hydrogen (secondary N) is 1. The van der Waals surface area contributed by atoms with Crippen molar-refractivity contribution in [3.05, 3.63) is 102 Å². The van der Waals surface area contributed by atoms with Gasteiger partial charge in [-0.25, -0.2) is 0 Å². The van der Waals surface area contributed by atoms with Gasteiger partial charge in [0.1, 0.15) is 5.75 Å². The van der Waals surface area contributed by atoms with Crippen molar-refractivity contribution in [3.63, 3.8) is 0 Å². The maximum atomic E-state index is 14.4. The number of hydrogen-bond acceptors (Lipinski definition) is 6. The minimum atomic E-state index is -0.909. The van der Waals surface area contributed by atoms with E-state index in [1.807, 2.05) is 54.6 Å². The molecule has 1 heterocycles. The van der Waals surface area contributed by atoms with E-state index in [2.05, 4.69) is 30.1 Å². The van der Waals surface area contributed by atoms with Crippen molar-refractivity contribution in [3.8, 4) is 5.75 Å². The van der Waals surface area contributed by atoms with Gasteiger partial charge in [-0.05, 0) is 47.7 Å². The predicted molar refractivity (Wildman–Crippen MR) is 154 cm³/mol. The van der Waals surface area contributed by atoms with Gasteiger partial charge in [0.05, 0.1) is 25.7 Å². The molecule has 39 heavy (non-hydrogen) atoms. The average molecular weight is 545 g/mol. The van der Waals surface area contributed by atoms with Crippen molar-refractivity contribution in [1.29, 1.82) is 0 Å². The van der Waals surface area contributed by atoms with Gasteiger partial charge >= 0.3 is 5.97 Å². The number of para-hydroxylation sites is 1. The van der Waals surface area contributed by atoms with Crippen LogP contribution in [0.1, 0.15) is 41.0 Å². The second-order valence-electron chi connectivity index (χ2n) is 10.7. The minimum absolute atomic E-state index is 0. The number of hydrogen-bond donors (Lipinski definition) is 2. The fraction of sp³-hybridized carbons (Fsp3) is 0.312. The summed E-state index contributed by atoms with van der Waals surface area (Å²) in [6.45, 7) is 4.56. The number of methoxy groups -OCH3 is 2. The van der Waals surface area contributed by atoms with Gasteiger partial charge in [-0.1, -0.05) is 61.2 Å². The lowest BCUT2D eigenvalue weighted by Crippen LogP contribution is -2.62. The van der Waals surface area contributed by atoms with Gasteiger partial charge in [0.25, 0.3) is 0 Å². The summed E-state index contributed by atoms with van der Waals surface area (Å²) < 4.78 is 11.1. The van der Waals surface area contributed by atoms with Crippen LogP contribution in [-0.4, -0.2) is 38.6 Å². The molecule has 4 aliphatic rings. The highest BCUT2D eigenvalue weighted by Crippen LogP contribution is 2.69. The molecule has 0 aromatic heterocycles. The van der Waals surface area contributed by atoms with E-state index < -0.39 is 22.8 Å². The molecule has 202 valence electrons. The van der Waals surface area contributed by atoms with Crippen molar-refractivity contribution >= 4 is 35.4 Å². The van der Waals surface area contributed by atoms with E-state index >= 15 is 0 Å². The molecule has 3 aromatic carbocycles. The molecule has 0 amide bonds. The molecule has 1 saturated carbocycles. The normalized spacial score (nSPS) is 28.0. The predicted octanol–water partition coefficient (Wildman–Crippen LogP) is 4.91. The smallest absolute Gasteiger partial charge is 0.314 e. The van der Waals surface area contributed by atoms with Gasteiger partial charge in [-0.15, -0.1) is 12.4 Å². The summed E-state index contributed by atoms with van der Waals surface area (Å²) in [7, 11) is 3.02. The van der Waals surface area contributed by atoms with Gasteiger partial charge in [-0.3, -0.25) is 9.59 Å². The molecule has 5 atom stereocenters. The average Bonchev–Trinajstić information content (AvgIpc) is 3.39. The maximum Gasteiger partial charge on any atom is 0.314 e. The van der Waals surface area contributed by atoms with Crippen LogP contribution in [-0.2, 0) is 19.7 Å². The van der Waals surface area contributed by atoms with Crippen LogP contribution in [0.15, 0.2) is 79.4 Å². The number of carbonyl (C=O) groups is 2. The van der Waals surface area contributed by atoms with Crippen molar-refractivity contribution in [2.75, 3.05) is 26.5 Å². The van der Waals surface area contributed by atoms with Gasteiger partial charge in [0, 0.05) is 40.6 Å².